The van der Waals surface area contributed by atoms with Crippen molar-refractivity contribution in [1.29, 1.82) is 0 Å². The SMILES string of the molecule is COc1ccc(C)cc1NCc1nnc2n(C)c(=O)c3ccccc3n12. The maximum Gasteiger partial charge on any atom is 0.262 e. The number of hydrogen-bond donors (Lipinski definition) is 1. The third-order valence-electron chi connectivity index (χ3n) is 4.48. The maximum absolute atomic E-state index is 12.5. The molecule has 0 radical (unpaired) electrons. The van der Waals surface area contributed by atoms with E-state index < -0.39 is 0 Å². The summed E-state index contributed by atoms with van der Waals surface area (Å²) < 4.78 is 8.84. The van der Waals surface area contributed by atoms with Crippen LogP contribution in [0.3, 0.4) is 0 Å². The molecular weight excluding hydrogens is 330 g/mol. The predicted molar refractivity (Wildman–Crippen MR) is 101 cm³/mol. The molecule has 0 aliphatic rings. The van der Waals surface area contributed by atoms with E-state index in [4.69, 9.17) is 4.74 Å². The summed E-state index contributed by atoms with van der Waals surface area (Å²) in [6, 6.07) is 13.4. The Labute approximate surface area is 149 Å². The van der Waals surface area contributed by atoms with E-state index in [1.54, 1.807) is 14.2 Å². The molecule has 4 rings (SSSR count). The summed E-state index contributed by atoms with van der Waals surface area (Å²) in [5.41, 5.74) is 2.73. The smallest absolute Gasteiger partial charge is 0.262 e. The molecule has 0 saturated carbocycles. The number of fused-ring (bicyclic) bond motifs is 3. The van der Waals surface area contributed by atoms with Gasteiger partial charge in [0.15, 0.2) is 5.82 Å². The molecule has 2 aromatic carbocycles. The molecule has 0 amide bonds. The quantitative estimate of drug-likeness (QED) is 0.613. The lowest BCUT2D eigenvalue weighted by atomic mass is 10.2. The molecule has 2 heterocycles. The fourth-order valence-corrected chi connectivity index (χ4v) is 3.14. The number of hydrogen-bond acceptors (Lipinski definition) is 5. The first-order valence-corrected chi connectivity index (χ1v) is 8.30. The normalized spacial score (nSPS) is 11.2. The first-order chi connectivity index (χ1) is 12.6. The monoisotopic (exact) mass is 349 g/mol. The molecule has 7 heteroatoms. The van der Waals surface area contributed by atoms with Crippen molar-refractivity contribution in [2.24, 2.45) is 7.05 Å². The van der Waals surface area contributed by atoms with Crippen LogP contribution in [0.1, 0.15) is 11.4 Å². The molecule has 132 valence electrons. The van der Waals surface area contributed by atoms with Gasteiger partial charge in [0.05, 0.1) is 30.2 Å². The van der Waals surface area contributed by atoms with E-state index in [-0.39, 0.29) is 5.56 Å². The summed E-state index contributed by atoms with van der Waals surface area (Å²) in [5.74, 6) is 2.00. The molecule has 4 aromatic rings. The van der Waals surface area contributed by atoms with Gasteiger partial charge in [0, 0.05) is 7.05 Å². The van der Waals surface area contributed by atoms with Crippen molar-refractivity contribution in [3.05, 3.63) is 64.2 Å². The standard InChI is InChI=1S/C19H19N5O2/c1-12-8-9-16(26-3)14(10-12)20-11-17-21-22-19-23(2)18(25)13-6-4-5-7-15(13)24(17)19/h4-10,20H,11H2,1-3H3. The predicted octanol–water partition coefficient (Wildman–Crippen LogP) is 2.51. The first-order valence-electron chi connectivity index (χ1n) is 8.30. The number of aromatic nitrogens is 4. The van der Waals surface area contributed by atoms with E-state index in [1.807, 2.05) is 53.8 Å². The van der Waals surface area contributed by atoms with E-state index in [9.17, 15) is 4.79 Å². The van der Waals surface area contributed by atoms with Crippen LogP contribution in [0.4, 0.5) is 5.69 Å². The lowest BCUT2D eigenvalue weighted by Crippen LogP contribution is -2.20. The topological polar surface area (TPSA) is 73.4 Å². The minimum Gasteiger partial charge on any atom is -0.495 e. The highest BCUT2D eigenvalue weighted by Crippen LogP contribution is 2.25. The summed E-state index contributed by atoms with van der Waals surface area (Å²) in [6.07, 6.45) is 0. The van der Waals surface area contributed by atoms with Crippen molar-refractivity contribution < 1.29 is 4.74 Å². The Morgan fingerprint density at radius 1 is 1.15 bits per heavy atom. The van der Waals surface area contributed by atoms with Crippen molar-refractivity contribution in [2.45, 2.75) is 13.5 Å². The molecule has 0 aliphatic heterocycles. The molecule has 1 N–H and O–H groups in total. The zero-order valence-corrected chi connectivity index (χ0v) is 14.9. The molecule has 0 bridgehead atoms. The summed E-state index contributed by atoms with van der Waals surface area (Å²) in [5, 5.41) is 12.5. The van der Waals surface area contributed by atoms with Gasteiger partial charge in [-0.25, -0.2) is 0 Å². The number of ether oxygens (including phenoxy) is 1. The summed E-state index contributed by atoms with van der Waals surface area (Å²) >= 11 is 0. The Morgan fingerprint density at radius 3 is 2.77 bits per heavy atom. The second-order valence-electron chi connectivity index (χ2n) is 6.19. The van der Waals surface area contributed by atoms with E-state index in [0.717, 1.165) is 28.3 Å². The largest absolute Gasteiger partial charge is 0.495 e. The Bertz CT molecular complexity index is 1180. The zero-order chi connectivity index (χ0) is 18.3. The van der Waals surface area contributed by atoms with Crippen molar-refractivity contribution in [1.82, 2.24) is 19.2 Å². The van der Waals surface area contributed by atoms with Gasteiger partial charge in [-0.2, -0.15) is 0 Å². The fourth-order valence-electron chi connectivity index (χ4n) is 3.14. The number of nitrogens with zero attached hydrogens (tertiary/aromatic N) is 4. The van der Waals surface area contributed by atoms with Crippen LogP contribution in [-0.4, -0.2) is 26.3 Å². The van der Waals surface area contributed by atoms with Crippen LogP contribution in [-0.2, 0) is 13.6 Å². The highest BCUT2D eigenvalue weighted by atomic mass is 16.5. The lowest BCUT2D eigenvalue weighted by Gasteiger charge is -2.12. The Balaban J connectivity index is 1.81. The Morgan fingerprint density at radius 2 is 1.96 bits per heavy atom. The second-order valence-corrected chi connectivity index (χ2v) is 6.19. The molecule has 2 aromatic heterocycles. The fraction of sp³-hybridized carbons (Fsp3) is 0.211. The van der Waals surface area contributed by atoms with Crippen LogP contribution in [0.25, 0.3) is 16.7 Å². The molecule has 7 nitrogen and oxygen atoms in total. The van der Waals surface area contributed by atoms with Crippen LogP contribution >= 0.6 is 0 Å². The van der Waals surface area contributed by atoms with Gasteiger partial charge in [-0.15, -0.1) is 10.2 Å². The molecule has 0 unspecified atom stereocenters. The van der Waals surface area contributed by atoms with Crippen LogP contribution < -0.4 is 15.6 Å². The van der Waals surface area contributed by atoms with Crippen molar-refractivity contribution >= 4 is 22.4 Å². The van der Waals surface area contributed by atoms with Gasteiger partial charge in [-0.1, -0.05) is 18.2 Å². The Hall–Kier alpha value is -3.35. The number of benzene rings is 2. The third-order valence-corrected chi connectivity index (χ3v) is 4.48. The van der Waals surface area contributed by atoms with Gasteiger partial charge in [-0.3, -0.25) is 13.8 Å². The number of para-hydroxylation sites is 1. The number of aryl methyl sites for hydroxylation is 2. The van der Waals surface area contributed by atoms with Crippen molar-refractivity contribution in [2.75, 3.05) is 12.4 Å². The van der Waals surface area contributed by atoms with Crippen LogP contribution in [0.2, 0.25) is 0 Å². The van der Waals surface area contributed by atoms with Crippen molar-refractivity contribution in [3.63, 3.8) is 0 Å². The van der Waals surface area contributed by atoms with Gasteiger partial charge in [-0.05, 0) is 36.8 Å². The molecular formula is C19H19N5O2. The lowest BCUT2D eigenvalue weighted by molar-refractivity contribution is 0.416. The van der Waals surface area contributed by atoms with Gasteiger partial charge in [0.2, 0.25) is 5.78 Å². The van der Waals surface area contributed by atoms with Crippen molar-refractivity contribution in [3.8, 4) is 5.75 Å². The molecule has 0 fully saturated rings. The maximum atomic E-state index is 12.5. The van der Waals surface area contributed by atoms with Crippen LogP contribution in [0.5, 0.6) is 5.75 Å². The van der Waals surface area contributed by atoms with E-state index >= 15 is 0 Å². The molecule has 0 atom stereocenters. The number of anilines is 1. The zero-order valence-electron chi connectivity index (χ0n) is 14.9. The van der Waals surface area contributed by atoms with Crippen LogP contribution in [0, 0.1) is 6.92 Å². The second kappa shape index (κ2) is 6.18. The molecule has 0 saturated heterocycles. The molecule has 26 heavy (non-hydrogen) atoms. The van der Waals surface area contributed by atoms with E-state index in [2.05, 4.69) is 15.5 Å². The van der Waals surface area contributed by atoms with Gasteiger partial charge < -0.3 is 10.1 Å². The molecule has 0 spiro atoms. The number of methoxy groups -OCH3 is 1. The number of rotatable bonds is 4. The van der Waals surface area contributed by atoms with E-state index in [1.165, 1.54) is 4.57 Å². The average Bonchev–Trinajstić information content (AvgIpc) is 3.09. The summed E-state index contributed by atoms with van der Waals surface area (Å²) in [4.78, 5) is 12.5. The van der Waals surface area contributed by atoms with Gasteiger partial charge in [0.25, 0.3) is 5.56 Å². The van der Waals surface area contributed by atoms with E-state index in [0.29, 0.717) is 17.7 Å². The third kappa shape index (κ3) is 2.48. The average molecular weight is 349 g/mol. The first kappa shape index (κ1) is 16.1. The number of nitrogens with one attached hydrogen (secondary N) is 1. The minimum absolute atomic E-state index is 0.0830. The summed E-state index contributed by atoms with van der Waals surface area (Å²) in [7, 11) is 3.35. The van der Waals surface area contributed by atoms with Gasteiger partial charge >= 0.3 is 0 Å². The molecule has 0 aliphatic carbocycles. The van der Waals surface area contributed by atoms with Crippen LogP contribution in [0.15, 0.2) is 47.3 Å². The van der Waals surface area contributed by atoms with Gasteiger partial charge in [0.1, 0.15) is 5.75 Å². The summed E-state index contributed by atoms with van der Waals surface area (Å²) in [6.45, 7) is 2.48. The highest BCUT2D eigenvalue weighted by molar-refractivity contribution is 5.80. The Kier molecular flexibility index (Phi) is 3.84. The minimum atomic E-state index is -0.0830. The highest BCUT2D eigenvalue weighted by Gasteiger charge is 2.14.